The van der Waals surface area contributed by atoms with Crippen LogP contribution in [0.4, 0.5) is 4.39 Å². The summed E-state index contributed by atoms with van der Waals surface area (Å²) in [4.78, 5) is 0. The van der Waals surface area contributed by atoms with Crippen molar-refractivity contribution < 1.29 is 4.39 Å². The van der Waals surface area contributed by atoms with E-state index in [0.29, 0.717) is 17.1 Å². The van der Waals surface area contributed by atoms with Crippen LogP contribution in [0.3, 0.4) is 0 Å². The molecule has 2 atom stereocenters. The molecule has 1 aromatic carbocycles. The predicted octanol–water partition coefficient (Wildman–Crippen LogP) is 3.20. The van der Waals surface area contributed by atoms with Crippen LogP contribution in [0, 0.1) is 11.7 Å². The highest BCUT2D eigenvalue weighted by Gasteiger charge is 2.21. The van der Waals surface area contributed by atoms with Gasteiger partial charge in [0.1, 0.15) is 5.82 Å². The van der Waals surface area contributed by atoms with Gasteiger partial charge < -0.3 is 5.32 Å². The highest BCUT2D eigenvalue weighted by molar-refractivity contribution is 7.80. The summed E-state index contributed by atoms with van der Waals surface area (Å²) in [5, 5.41) is 7.91. The Kier molecular flexibility index (Phi) is 5.47. The van der Waals surface area contributed by atoms with Gasteiger partial charge in [0.25, 0.3) is 0 Å². The molecule has 0 radical (unpaired) electrons. The van der Waals surface area contributed by atoms with E-state index < -0.39 is 0 Å². The summed E-state index contributed by atoms with van der Waals surface area (Å²) in [5.74, 6) is 0.392. The number of halogens is 1. The Bertz CT molecular complexity index is 473. The van der Waals surface area contributed by atoms with Crippen LogP contribution in [0.1, 0.15) is 38.2 Å². The molecule has 1 saturated carbocycles. The third-order valence-corrected chi connectivity index (χ3v) is 3.89. The lowest BCUT2D eigenvalue weighted by molar-refractivity contribution is 0.308. The van der Waals surface area contributed by atoms with E-state index in [4.69, 9.17) is 12.2 Å². The second-order valence-corrected chi connectivity index (χ2v) is 5.67. The molecule has 2 N–H and O–H groups in total. The molecule has 0 spiro atoms. The van der Waals surface area contributed by atoms with Gasteiger partial charge in [-0.05, 0) is 48.7 Å². The molecule has 0 unspecified atom stereocenters. The Balaban J connectivity index is 1.78. The first-order chi connectivity index (χ1) is 9.65. The van der Waals surface area contributed by atoms with E-state index in [2.05, 4.69) is 22.8 Å². The van der Waals surface area contributed by atoms with Crippen LogP contribution in [0.2, 0.25) is 0 Å². The van der Waals surface area contributed by atoms with Crippen molar-refractivity contribution in [2.24, 2.45) is 11.0 Å². The van der Waals surface area contributed by atoms with Gasteiger partial charge in [0.05, 0.1) is 6.21 Å². The molecule has 1 aliphatic rings. The van der Waals surface area contributed by atoms with E-state index in [1.807, 2.05) is 0 Å². The Morgan fingerprint density at radius 1 is 1.30 bits per heavy atom. The fraction of sp³-hybridized carbons (Fsp3) is 0.467. The van der Waals surface area contributed by atoms with Crippen molar-refractivity contribution >= 4 is 23.5 Å². The summed E-state index contributed by atoms with van der Waals surface area (Å²) >= 11 is 5.23. The topological polar surface area (TPSA) is 36.4 Å². The van der Waals surface area contributed by atoms with Crippen molar-refractivity contribution in [1.82, 2.24) is 10.7 Å². The number of hydrogen-bond acceptors (Lipinski definition) is 2. The fourth-order valence-corrected chi connectivity index (χ4v) is 2.65. The van der Waals surface area contributed by atoms with Crippen LogP contribution >= 0.6 is 12.2 Å². The smallest absolute Gasteiger partial charge is 0.187 e. The largest absolute Gasteiger partial charge is 0.358 e. The first kappa shape index (κ1) is 14.9. The van der Waals surface area contributed by atoms with E-state index >= 15 is 0 Å². The summed E-state index contributed by atoms with van der Waals surface area (Å²) in [6, 6.07) is 6.58. The molecule has 3 nitrogen and oxygen atoms in total. The van der Waals surface area contributed by atoms with Gasteiger partial charge in [0.2, 0.25) is 0 Å². The predicted molar refractivity (Wildman–Crippen MR) is 84.3 cm³/mol. The molecule has 0 heterocycles. The molecule has 1 aromatic rings. The molecular weight excluding hydrogens is 273 g/mol. The Morgan fingerprint density at radius 3 is 2.70 bits per heavy atom. The molecule has 2 rings (SSSR count). The van der Waals surface area contributed by atoms with Gasteiger partial charge in [-0.25, -0.2) is 4.39 Å². The van der Waals surface area contributed by atoms with Crippen molar-refractivity contribution in [3.05, 3.63) is 35.6 Å². The number of benzene rings is 1. The second kappa shape index (κ2) is 7.33. The van der Waals surface area contributed by atoms with E-state index in [9.17, 15) is 4.39 Å². The lowest BCUT2D eigenvalue weighted by Crippen LogP contribution is -2.44. The van der Waals surface area contributed by atoms with Gasteiger partial charge in [-0.3, -0.25) is 5.43 Å². The first-order valence-electron chi connectivity index (χ1n) is 7.00. The first-order valence-corrected chi connectivity index (χ1v) is 7.41. The van der Waals surface area contributed by atoms with E-state index in [0.717, 1.165) is 12.0 Å². The highest BCUT2D eigenvalue weighted by atomic mass is 32.1. The minimum absolute atomic E-state index is 0.251. The molecule has 0 aliphatic heterocycles. The normalized spacial score (nSPS) is 22.7. The number of rotatable bonds is 3. The zero-order valence-corrected chi connectivity index (χ0v) is 12.4. The molecule has 1 aliphatic carbocycles. The molecule has 0 amide bonds. The van der Waals surface area contributed by atoms with Crippen LogP contribution in [0.25, 0.3) is 0 Å². The number of nitrogens with one attached hydrogen (secondary N) is 2. The molecule has 20 heavy (non-hydrogen) atoms. The van der Waals surface area contributed by atoms with Gasteiger partial charge in [-0.2, -0.15) is 5.10 Å². The SMILES string of the molecule is C[C@@H]1CCCC[C@@H]1NC(=S)N/N=C\c1ccc(F)cc1. The maximum Gasteiger partial charge on any atom is 0.187 e. The number of hydrazone groups is 1. The van der Waals surface area contributed by atoms with Gasteiger partial charge in [0, 0.05) is 6.04 Å². The molecular formula is C15H20FN3S. The zero-order chi connectivity index (χ0) is 14.4. The van der Waals surface area contributed by atoms with E-state index in [-0.39, 0.29) is 5.82 Å². The summed E-state index contributed by atoms with van der Waals surface area (Å²) in [6.07, 6.45) is 6.59. The lowest BCUT2D eigenvalue weighted by Gasteiger charge is -2.30. The standard InChI is InChI=1S/C15H20FN3S/c1-11-4-2-3-5-14(11)18-15(20)19-17-10-12-6-8-13(16)9-7-12/h6-11,14H,2-5H2,1H3,(H2,18,19,20)/b17-10-/t11-,14+/m1/s1. The molecule has 5 heteroatoms. The number of nitrogens with zero attached hydrogens (tertiary/aromatic N) is 1. The molecule has 0 saturated heterocycles. The monoisotopic (exact) mass is 293 g/mol. The molecule has 1 fully saturated rings. The average molecular weight is 293 g/mol. The zero-order valence-electron chi connectivity index (χ0n) is 11.6. The number of thiocarbonyl (C=S) groups is 1. The van der Waals surface area contributed by atoms with Gasteiger partial charge in [-0.1, -0.05) is 31.9 Å². The van der Waals surface area contributed by atoms with Crippen LogP contribution < -0.4 is 10.7 Å². The summed E-state index contributed by atoms with van der Waals surface area (Å²) < 4.78 is 12.7. The summed E-state index contributed by atoms with van der Waals surface area (Å²) in [7, 11) is 0. The number of hydrogen-bond donors (Lipinski definition) is 2. The minimum Gasteiger partial charge on any atom is -0.358 e. The Morgan fingerprint density at radius 2 is 2.00 bits per heavy atom. The maximum atomic E-state index is 12.7. The minimum atomic E-state index is -0.251. The van der Waals surface area contributed by atoms with Gasteiger partial charge in [0.15, 0.2) is 5.11 Å². The lowest BCUT2D eigenvalue weighted by atomic mass is 9.86. The van der Waals surface area contributed by atoms with Crippen LogP contribution in [0.15, 0.2) is 29.4 Å². The van der Waals surface area contributed by atoms with Crippen molar-refractivity contribution in [3.8, 4) is 0 Å². The fourth-order valence-electron chi connectivity index (χ4n) is 2.45. The Labute approximate surface area is 124 Å². The Hall–Kier alpha value is -1.49. The van der Waals surface area contributed by atoms with Crippen LogP contribution in [0.5, 0.6) is 0 Å². The quantitative estimate of drug-likeness (QED) is 0.510. The van der Waals surface area contributed by atoms with Gasteiger partial charge >= 0.3 is 0 Å². The van der Waals surface area contributed by atoms with E-state index in [1.165, 1.54) is 31.4 Å². The summed E-state index contributed by atoms with van der Waals surface area (Å²) in [6.45, 7) is 2.25. The van der Waals surface area contributed by atoms with Crippen molar-refractivity contribution in [2.75, 3.05) is 0 Å². The average Bonchev–Trinajstić information content (AvgIpc) is 2.44. The van der Waals surface area contributed by atoms with E-state index in [1.54, 1.807) is 18.3 Å². The van der Waals surface area contributed by atoms with Crippen molar-refractivity contribution in [2.45, 2.75) is 38.6 Å². The third-order valence-electron chi connectivity index (χ3n) is 3.68. The van der Waals surface area contributed by atoms with Gasteiger partial charge in [-0.15, -0.1) is 0 Å². The maximum absolute atomic E-state index is 12.7. The molecule has 0 bridgehead atoms. The van der Waals surface area contributed by atoms with Crippen LogP contribution in [-0.2, 0) is 0 Å². The molecule has 0 aromatic heterocycles. The van der Waals surface area contributed by atoms with Crippen molar-refractivity contribution in [3.63, 3.8) is 0 Å². The second-order valence-electron chi connectivity index (χ2n) is 5.26. The summed E-state index contributed by atoms with van der Waals surface area (Å²) in [5.41, 5.74) is 3.64. The van der Waals surface area contributed by atoms with Crippen molar-refractivity contribution in [1.29, 1.82) is 0 Å². The van der Waals surface area contributed by atoms with Crippen LogP contribution in [-0.4, -0.2) is 17.4 Å². The third kappa shape index (κ3) is 4.56. The highest BCUT2D eigenvalue weighted by Crippen LogP contribution is 2.23. The molecule has 108 valence electrons.